The zero-order chi connectivity index (χ0) is 9.46. The Labute approximate surface area is 174 Å². The van der Waals surface area contributed by atoms with Crippen LogP contribution in [0.3, 0.4) is 0 Å². The molecule has 0 N–H and O–H groups in total. The van der Waals surface area contributed by atoms with E-state index in [1.54, 1.807) is 0 Å². The van der Waals surface area contributed by atoms with Crippen LogP contribution in [-0.4, -0.2) is 0 Å². The van der Waals surface area contributed by atoms with Crippen molar-refractivity contribution in [1.29, 1.82) is 0 Å². The minimum Gasteiger partial charge on any atom is -1.00 e. The van der Waals surface area contributed by atoms with Crippen molar-refractivity contribution in [3.63, 3.8) is 0 Å². The predicted molar refractivity (Wildman–Crippen MR) is 72.6 cm³/mol. The first kappa shape index (κ1) is 20.0. The molecule has 0 saturated carbocycles. The second-order valence-corrected chi connectivity index (χ2v) is 6.64. The van der Waals surface area contributed by atoms with E-state index < -0.39 is 0 Å². The van der Waals surface area contributed by atoms with Gasteiger partial charge in [-0.15, -0.1) is 0 Å². The summed E-state index contributed by atoms with van der Waals surface area (Å²) in [6.45, 7) is 0. The third-order valence-corrected chi connectivity index (χ3v) is 9.11. The molecule has 74 valence electrons. The summed E-state index contributed by atoms with van der Waals surface area (Å²) < 4.78 is 5.86. The molecule has 0 atom stereocenters. The van der Waals surface area contributed by atoms with Crippen molar-refractivity contribution < 1.29 is 56.1 Å². The van der Waals surface area contributed by atoms with E-state index in [0.29, 0.717) is 0 Å². The second-order valence-electron chi connectivity index (χ2n) is 1.88. The van der Waals surface area contributed by atoms with Gasteiger partial charge in [0, 0.05) is 26.8 Å². The maximum Gasteiger partial charge on any atom is 1.00 e. The Morgan fingerprint density at radius 2 is 0.500 bits per heavy atom. The van der Waals surface area contributed by atoms with Gasteiger partial charge in [-0.3, -0.25) is 0 Å². The molecular formula is C6Br6FK. The van der Waals surface area contributed by atoms with Gasteiger partial charge in [-0.2, -0.15) is 0 Å². The summed E-state index contributed by atoms with van der Waals surface area (Å²) in [4.78, 5) is 0. The first-order valence-corrected chi connectivity index (χ1v) is 7.39. The first-order chi connectivity index (χ1) is 5.46. The van der Waals surface area contributed by atoms with E-state index in [4.69, 9.17) is 0 Å². The van der Waals surface area contributed by atoms with Crippen LogP contribution < -0.4 is 56.1 Å². The van der Waals surface area contributed by atoms with Crippen LogP contribution in [0.4, 0.5) is 0 Å². The van der Waals surface area contributed by atoms with Crippen molar-refractivity contribution in [3.8, 4) is 0 Å². The van der Waals surface area contributed by atoms with Crippen molar-refractivity contribution in [1.82, 2.24) is 0 Å². The van der Waals surface area contributed by atoms with E-state index >= 15 is 0 Å². The van der Waals surface area contributed by atoms with Crippen molar-refractivity contribution in [2.24, 2.45) is 0 Å². The Hall–Kier alpha value is 3.67. The summed E-state index contributed by atoms with van der Waals surface area (Å²) in [6, 6.07) is 0. The fourth-order valence-corrected chi connectivity index (χ4v) is 4.55. The third-order valence-electron chi connectivity index (χ3n) is 1.16. The minimum atomic E-state index is 0. The van der Waals surface area contributed by atoms with Gasteiger partial charge < -0.3 is 4.70 Å². The van der Waals surface area contributed by atoms with Gasteiger partial charge >= 0.3 is 51.4 Å². The van der Waals surface area contributed by atoms with Gasteiger partial charge in [-0.25, -0.2) is 0 Å². The number of halogens is 7. The molecule has 0 nitrogen and oxygen atoms in total. The van der Waals surface area contributed by atoms with Crippen LogP contribution in [0.1, 0.15) is 0 Å². The fourth-order valence-electron chi connectivity index (χ4n) is 0.578. The normalized spacial score (nSPS) is 9.00. The average molecular weight is 610 g/mol. The van der Waals surface area contributed by atoms with E-state index in [1.165, 1.54) is 0 Å². The number of benzene rings is 1. The maximum atomic E-state index is 3.44. The fraction of sp³-hybridized carbons (Fsp3) is 0. The Morgan fingerprint density at radius 1 is 0.429 bits per heavy atom. The summed E-state index contributed by atoms with van der Waals surface area (Å²) >= 11 is 20.6. The Kier molecular flexibility index (Phi) is 12.4. The molecule has 0 aliphatic carbocycles. The average Bonchev–Trinajstić information content (AvgIpc) is 2.08. The molecule has 0 aliphatic rings. The molecule has 0 spiro atoms. The van der Waals surface area contributed by atoms with Gasteiger partial charge in [0.15, 0.2) is 0 Å². The zero-order valence-electron chi connectivity index (χ0n) is 6.65. The van der Waals surface area contributed by atoms with Crippen molar-refractivity contribution in [3.05, 3.63) is 26.8 Å². The summed E-state index contributed by atoms with van der Waals surface area (Å²) in [5.74, 6) is 0. The second kappa shape index (κ2) is 8.71. The van der Waals surface area contributed by atoms with Crippen LogP contribution in [0.15, 0.2) is 26.8 Å². The van der Waals surface area contributed by atoms with Gasteiger partial charge in [0.1, 0.15) is 0 Å². The predicted octanol–water partition coefficient (Wildman–Crippen LogP) is 0.270. The molecule has 1 aromatic rings. The van der Waals surface area contributed by atoms with Gasteiger partial charge in [0.05, 0.1) is 0 Å². The van der Waals surface area contributed by atoms with Crippen molar-refractivity contribution in [2.45, 2.75) is 0 Å². The standard InChI is InChI=1S/C6Br6.FH.K/c7-1-2(8)4(10)6(12)5(11)3(1)9;;/h;1H;/q;;+1/p-1. The molecule has 0 fully saturated rings. The van der Waals surface area contributed by atoms with Crippen molar-refractivity contribution in [2.75, 3.05) is 0 Å². The number of hydrogen-bond acceptors (Lipinski definition) is 0. The Morgan fingerprint density at radius 3 is 0.571 bits per heavy atom. The van der Waals surface area contributed by atoms with E-state index in [-0.39, 0.29) is 56.1 Å². The topological polar surface area (TPSA) is 0 Å². The molecule has 14 heavy (non-hydrogen) atoms. The Balaban J connectivity index is 0. The van der Waals surface area contributed by atoms with Crippen LogP contribution in [0.2, 0.25) is 0 Å². The van der Waals surface area contributed by atoms with Crippen LogP contribution in [-0.2, 0) is 0 Å². The summed E-state index contributed by atoms with van der Waals surface area (Å²) in [5.41, 5.74) is 0. The van der Waals surface area contributed by atoms with Crippen LogP contribution in [0.5, 0.6) is 0 Å². The third kappa shape index (κ3) is 4.40. The molecule has 0 amide bonds. The maximum absolute atomic E-state index is 3.44. The largest absolute Gasteiger partial charge is 1.00 e. The van der Waals surface area contributed by atoms with E-state index in [0.717, 1.165) is 26.8 Å². The quantitative estimate of drug-likeness (QED) is 0.225. The molecule has 1 aromatic carbocycles. The molecule has 0 saturated heterocycles. The molecule has 0 bridgehead atoms. The summed E-state index contributed by atoms with van der Waals surface area (Å²) in [7, 11) is 0. The van der Waals surface area contributed by atoms with E-state index in [1.807, 2.05) is 0 Å². The van der Waals surface area contributed by atoms with Gasteiger partial charge in [0.2, 0.25) is 0 Å². The van der Waals surface area contributed by atoms with E-state index in [9.17, 15) is 0 Å². The SMILES string of the molecule is Brc1c(Br)c(Br)c(Br)c(Br)c1Br.[F-].[K+]. The molecule has 0 radical (unpaired) electrons. The van der Waals surface area contributed by atoms with Crippen LogP contribution >= 0.6 is 95.6 Å². The van der Waals surface area contributed by atoms with Gasteiger partial charge in [-0.05, 0) is 95.6 Å². The first-order valence-electron chi connectivity index (χ1n) is 2.63. The summed E-state index contributed by atoms with van der Waals surface area (Å²) in [5, 5.41) is 0. The molecule has 0 aromatic heterocycles. The molecular weight excluding hydrogens is 610 g/mol. The molecule has 0 aliphatic heterocycles. The van der Waals surface area contributed by atoms with Gasteiger partial charge in [-0.1, -0.05) is 0 Å². The number of rotatable bonds is 0. The summed E-state index contributed by atoms with van der Waals surface area (Å²) in [6.07, 6.45) is 0. The van der Waals surface area contributed by atoms with Crippen LogP contribution in [0.25, 0.3) is 0 Å². The minimum absolute atomic E-state index is 0. The molecule has 1 rings (SSSR count). The van der Waals surface area contributed by atoms with Crippen molar-refractivity contribution >= 4 is 95.6 Å². The smallest absolute Gasteiger partial charge is 1.00 e. The van der Waals surface area contributed by atoms with Gasteiger partial charge in [0.25, 0.3) is 0 Å². The molecule has 0 unspecified atom stereocenters. The molecule has 8 heteroatoms. The monoisotopic (exact) mass is 603 g/mol. The Bertz CT molecular complexity index is 237. The zero-order valence-corrected chi connectivity index (χ0v) is 19.3. The number of hydrogen-bond donors (Lipinski definition) is 0. The molecule has 0 heterocycles. The van der Waals surface area contributed by atoms with E-state index in [2.05, 4.69) is 95.6 Å². The van der Waals surface area contributed by atoms with Crippen LogP contribution in [0, 0.1) is 0 Å².